The third kappa shape index (κ3) is 4.18. The summed E-state index contributed by atoms with van der Waals surface area (Å²) in [4.78, 5) is 0. The highest BCUT2D eigenvalue weighted by Gasteiger charge is 1.91. The Morgan fingerprint density at radius 2 is 0.950 bits per heavy atom. The van der Waals surface area contributed by atoms with E-state index in [0.29, 0.717) is 5.69 Å². The number of rotatable bonds is 1. The van der Waals surface area contributed by atoms with Crippen LogP contribution >= 0.6 is 0 Å². The Morgan fingerprint density at radius 1 is 0.550 bits per heavy atom. The van der Waals surface area contributed by atoms with E-state index < -0.39 is 0 Å². The molecule has 0 radical (unpaired) electrons. The Labute approximate surface area is 119 Å². The number of phenols is 1. The van der Waals surface area contributed by atoms with Gasteiger partial charge < -0.3 is 10.8 Å². The number of benzene rings is 3. The molecule has 3 aromatic carbocycles. The molecule has 3 N–H and O–H groups in total. The summed E-state index contributed by atoms with van der Waals surface area (Å²) >= 11 is 0. The van der Waals surface area contributed by atoms with Crippen molar-refractivity contribution in [3.63, 3.8) is 0 Å². The zero-order valence-electron chi connectivity index (χ0n) is 11.1. The van der Waals surface area contributed by atoms with Crippen molar-refractivity contribution in [1.29, 1.82) is 0 Å². The molecule has 20 heavy (non-hydrogen) atoms. The van der Waals surface area contributed by atoms with E-state index in [4.69, 9.17) is 10.8 Å². The molecule has 100 valence electrons. The second kappa shape index (κ2) is 7.00. The van der Waals surface area contributed by atoms with Crippen molar-refractivity contribution >= 4 is 5.69 Å². The standard InChI is InChI=1S/C12H10.C6H7NO/c1-3-7-11(8-4-1)12-9-5-2-6-10-12;7-5-1-3-6(8)4-2-5/h1-10H;1-4,8H,7H2. The summed E-state index contributed by atoms with van der Waals surface area (Å²) in [6.07, 6.45) is 0. The minimum atomic E-state index is 0.249. The average molecular weight is 263 g/mol. The molecular formula is C18H17NO. The van der Waals surface area contributed by atoms with Crippen LogP contribution < -0.4 is 5.73 Å². The van der Waals surface area contributed by atoms with E-state index in [0.717, 1.165) is 0 Å². The van der Waals surface area contributed by atoms with E-state index in [9.17, 15) is 0 Å². The number of hydrogen-bond acceptors (Lipinski definition) is 2. The topological polar surface area (TPSA) is 46.2 Å². The van der Waals surface area contributed by atoms with Gasteiger partial charge in [-0.1, -0.05) is 60.7 Å². The molecule has 0 aliphatic carbocycles. The maximum Gasteiger partial charge on any atom is 0.115 e. The molecule has 0 unspecified atom stereocenters. The van der Waals surface area contributed by atoms with Gasteiger partial charge in [-0.15, -0.1) is 0 Å². The van der Waals surface area contributed by atoms with E-state index in [2.05, 4.69) is 48.5 Å². The number of hydrogen-bond donors (Lipinski definition) is 2. The third-order valence-electron chi connectivity index (χ3n) is 2.77. The fourth-order valence-electron chi connectivity index (χ4n) is 1.74. The van der Waals surface area contributed by atoms with Crippen molar-refractivity contribution in [2.75, 3.05) is 5.73 Å². The second-order valence-electron chi connectivity index (χ2n) is 4.32. The van der Waals surface area contributed by atoms with Crippen molar-refractivity contribution in [1.82, 2.24) is 0 Å². The van der Waals surface area contributed by atoms with Crippen LogP contribution in [-0.2, 0) is 0 Å². The molecule has 3 aromatic rings. The SMILES string of the molecule is Nc1ccc(O)cc1.c1ccc(-c2ccccc2)cc1. The van der Waals surface area contributed by atoms with Crippen LogP contribution in [0.4, 0.5) is 5.69 Å². The van der Waals surface area contributed by atoms with Gasteiger partial charge in [0.25, 0.3) is 0 Å². The molecular weight excluding hydrogens is 246 g/mol. The number of nitrogens with two attached hydrogens (primary N) is 1. The molecule has 2 heteroatoms. The van der Waals surface area contributed by atoms with Crippen LogP contribution in [0, 0.1) is 0 Å². The van der Waals surface area contributed by atoms with E-state index in [1.54, 1.807) is 24.3 Å². The maximum atomic E-state index is 8.70. The van der Waals surface area contributed by atoms with Crippen LogP contribution in [0.3, 0.4) is 0 Å². The highest BCUT2D eigenvalue weighted by Crippen LogP contribution is 2.17. The van der Waals surface area contributed by atoms with E-state index >= 15 is 0 Å². The molecule has 0 aromatic heterocycles. The lowest BCUT2D eigenvalue weighted by molar-refractivity contribution is 0.475. The summed E-state index contributed by atoms with van der Waals surface area (Å²) in [5.74, 6) is 0.249. The largest absolute Gasteiger partial charge is 0.508 e. The maximum absolute atomic E-state index is 8.70. The van der Waals surface area contributed by atoms with Crippen LogP contribution in [-0.4, -0.2) is 5.11 Å². The first-order valence-electron chi connectivity index (χ1n) is 6.41. The predicted octanol–water partition coefficient (Wildman–Crippen LogP) is 4.33. The lowest BCUT2D eigenvalue weighted by Gasteiger charge is -1.98. The Bertz CT molecular complexity index is 560. The van der Waals surface area contributed by atoms with Gasteiger partial charge >= 0.3 is 0 Å². The Kier molecular flexibility index (Phi) is 4.79. The minimum absolute atomic E-state index is 0.249. The molecule has 0 heterocycles. The van der Waals surface area contributed by atoms with Gasteiger partial charge in [0, 0.05) is 5.69 Å². The summed E-state index contributed by atoms with van der Waals surface area (Å²) < 4.78 is 0. The molecule has 0 aliphatic rings. The average Bonchev–Trinajstić information content (AvgIpc) is 2.53. The molecule has 0 atom stereocenters. The van der Waals surface area contributed by atoms with Crippen molar-refractivity contribution in [3.05, 3.63) is 84.9 Å². The zero-order valence-corrected chi connectivity index (χ0v) is 11.1. The first-order valence-corrected chi connectivity index (χ1v) is 6.41. The van der Waals surface area contributed by atoms with Crippen LogP contribution in [0.25, 0.3) is 11.1 Å². The van der Waals surface area contributed by atoms with E-state index in [1.165, 1.54) is 11.1 Å². The quantitative estimate of drug-likeness (QED) is 0.507. The predicted molar refractivity (Wildman–Crippen MR) is 84.4 cm³/mol. The van der Waals surface area contributed by atoms with Gasteiger partial charge in [-0.3, -0.25) is 0 Å². The molecule has 0 amide bonds. The molecule has 2 nitrogen and oxygen atoms in total. The third-order valence-corrected chi connectivity index (χ3v) is 2.77. The number of anilines is 1. The first kappa shape index (κ1) is 13.7. The van der Waals surface area contributed by atoms with Crippen LogP contribution in [0.2, 0.25) is 0 Å². The highest BCUT2D eigenvalue weighted by molar-refractivity contribution is 5.62. The molecule has 3 rings (SSSR count). The summed E-state index contributed by atoms with van der Waals surface area (Å²) in [7, 11) is 0. The van der Waals surface area contributed by atoms with E-state index in [1.807, 2.05) is 12.1 Å². The van der Waals surface area contributed by atoms with Crippen LogP contribution in [0.5, 0.6) is 5.75 Å². The minimum Gasteiger partial charge on any atom is -0.508 e. The molecule has 0 saturated heterocycles. The summed E-state index contributed by atoms with van der Waals surface area (Å²) in [6, 6.07) is 27.2. The molecule has 0 spiro atoms. The monoisotopic (exact) mass is 263 g/mol. The summed E-state index contributed by atoms with van der Waals surface area (Å²) in [5, 5.41) is 8.70. The molecule has 0 fully saturated rings. The first-order chi connectivity index (χ1) is 9.75. The van der Waals surface area contributed by atoms with Crippen LogP contribution in [0.15, 0.2) is 84.9 Å². The number of nitrogen functional groups attached to an aromatic ring is 1. The highest BCUT2D eigenvalue weighted by atomic mass is 16.3. The van der Waals surface area contributed by atoms with Crippen molar-refractivity contribution in [2.45, 2.75) is 0 Å². The fraction of sp³-hybridized carbons (Fsp3) is 0. The molecule has 0 bridgehead atoms. The number of phenolic OH excluding ortho intramolecular Hbond substituents is 1. The van der Waals surface area contributed by atoms with Gasteiger partial charge in [-0.2, -0.15) is 0 Å². The van der Waals surface area contributed by atoms with Crippen molar-refractivity contribution in [2.24, 2.45) is 0 Å². The van der Waals surface area contributed by atoms with Gasteiger partial charge in [0.05, 0.1) is 0 Å². The van der Waals surface area contributed by atoms with E-state index in [-0.39, 0.29) is 5.75 Å². The lowest BCUT2D eigenvalue weighted by Crippen LogP contribution is -1.80. The molecule has 0 aliphatic heterocycles. The van der Waals surface area contributed by atoms with Gasteiger partial charge in [0.2, 0.25) is 0 Å². The van der Waals surface area contributed by atoms with Gasteiger partial charge in [0.15, 0.2) is 0 Å². The van der Waals surface area contributed by atoms with Gasteiger partial charge in [-0.25, -0.2) is 0 Å². The van der Waals surface area contributed by atoms with Crippen molar-refractivity contribution < 1.29 is 5.11 Å². The fourth-order valence-corrected chi connectivity index (χ4v) is 1.74. The Hall–Kier alpha value is -2.74. The van der Waals surface area contributed by atoms with Gasteiger partial charge in [0.1, 0.15) is 5.75 Å². The summed E-state index contributed by atoms with van der Waals surface area (Å²) in [6.45, 7) is 0. The van der Waals surface area contributed by atoms with Gasteiger partial charge in [-0.05, 0) is 35.4 Å². The Balaban J connectivity index is 0.000000160. The second-order valence-corrected chi connectivity index (χ2v) is 4.32. The van der Waals surface area contributed by atoms with Crippen molar-refractivity contribution in [3.8, 4) is 16.9 Å². The van der Waals surface area contributed by atoms with Crippen LogP contribution in [0.1, 0.15) is 0 Å². The molecule has 0 saturated carbocycles. The number of aromatic hydroxyl groups is 1. The lowest BCUT2D eigenvalue weighted by atomic mass is 10.1. The summed E-state index contributed by atoms with van der Waals surface area (Å²) in [5.41, 5.74) is 8.54. The smallest absolute Gasteiger partial charge is 0.115 e. The normalized spacial score (nSPS) is 9.40. The Morgan fingerprint density at radius 3 is 1.30 bits per heavy atom. The zero-order chi connectivity index (χ0) is 14.2.